The van der Waals surface area contributed by atoms with Crippen LogP contribution in [0.2, 0.25) is 0 Å². The number of methoxy groups -OCH3 is 1. The number of hydrogen-bond acceptors (Lipinski definition) is 2. The minimum Gasteiger partial charge on any atom is -0.497 e. The molecule has 1 rings (SSSR count). The molecule has 2 heteroatoms. The molecule has 0 heterocycles. The Kier molecular flexibility index (Phi) is 4.47. The van der Waals surface area contributed by atoms with E-state index in [0.717, 1.165) is 25.1 Å². The third kappa shape index (κ3) is 3.04. The second-order valence-corrected chi connectivity index (χ2v) is 3.61. The molecule has 0 fully saturated rings. The first kappa shape index (κ1) is 11.1. The fourth-order valence-electron chi connectivity index (χ4n) is 1.54. The third-order valence-electron chi connectivity index (χ3n) is 2.50. The topological polar surface area (TPSA) is 35.2 Å². The zero-order chi connectivity index (χ0) is 10.4. The largest absolute Gasteiger partial charge is 0.497 e. The van der Waals surface area contributed by atoms with Gasteiger partial charge < -0.3 is 10.5 Å². The van der Waals surface area contributed by atoms with Gasteiger partial charge in [0.1, 0.15) is 5.75 Å². The lowest BCUT2D eigenvalue weighted by Crippen LogP contribution is -2.02. The summed E-state index contributed by atoms with van der Waals surface area (Å²) in [6.07, 6.45) is 2.22. The van der Waals surface area contributed by atoms with Gasteiger partial charge in [-0.2, -0.15) is 0 Å². The second kappa shape index (κ2) is 5.66. The highest BCUT2D eigenvalue weighted by Crippen LogP contribution is 2.23. The van der Waals surface area contributed by atoms with E-state index >= 15 is 0 Å². The van der Waals surface area contributed by atoms with Gasteiger partial charge in [0.25, 0.3) is 0 Å². The summed E-state index contributed by atoms with van der Waals surface area (Å²) < 4.78 is 5.18. The smallest absolute Gasteiger partial charge is 0.119 e. The molecule has 0 saturated carbocycles. The van der Waals surface area contributed by atoms with E-state index in [0.29, 0.717) is 5.92 Å². The predicted octanol–water partition coefficient (Wildman–Crippen LogP) is 2.54. The molecule has 78 valence electrons. The average Bonchev–Trinajstić information content (AvgIpc) is 2.26. The Morgan fingerprint density at radius 2 is 2.21 bits per heavy atom. The molecule has 2 nitrogen and oxygen atoms in total. The quantitative estimate of drug-likeness (QED) is 0.780. The fourth-order valence-corrected chi connectivity index (χ4v) is 1.54. The zero-order valence-corrected chi connectivity index (χ0v) is 8.99. The van der Waals surface area contributed by atoms with Crippen LogP contribution in [0.25, 0.3) is 0 Å². The van der Waals surface area contributed by atoms with Crippen molar-refractivity contribution in [3.63, 3.8) is 0 Å². The summed E-state index contributed by atoms with van der Waals surface area (Å²) in [5, 5.41) is 0. The maximum Gasteiger partial charge on any atom is 0.119 e. The van der Waals surface area contributed by atoms with Crippen LogP contribution in [-0.4, -0.2) is 13.7 Å². The molecule has 0 saturated heterocycles. The molecule has 0 spiro atoms. The molecule has 0 amide bonds. The van der Waals surface area contributed by atoms with Gasteiger partial charge in [-0.15, -0.1) is 0 Å². The van der Waals surface area contributed by atoms with E-state index < -0.39 is 0 Å². The molecule has 1 atom stereocenters. The van der Waals surface area contributed by atoms with Crippen LogP contribution in [0.4, 0.5) is 0 Å². The predicted molar refractivity (Wildman–Crippen MR) is 59.7 cm³/mol. The number of hydrogen-bond donors (Lipinski definition) is 1. The van der Waals surface area contributed by atoms with Crippen molar-refractivity contribution in [2.75, 3.05) is 13.7 Å². The summed E-state index contributed by atoms with van der Waals surface area (Å²) in [5.74, 6) is 1.50. The Morgan fingerprint density at radius 1 is 1.43 bits per heavy atom. The van der Waals surface area contributed by atoms with Crippen LogP contribution in [-0.2, 0) is 0 Å². The van der Waals surface area contributed by atoms with Crippen molar-refractivity contribution in [1.29, 1.82) is 0 Å². The van der Waals surface area contributed by atoms with Gasteiger partial charge in [0.05, 0.1) is 7.11 Å². The minimum atomic E-state index is 0.564. The third-order valence-corrected chi connectivity index (χ3v) is 2.50. The van der Waals surface area contributed by atoms with Crippen molar-refractivity contribution in [2.24, 2.45) is 5.73 Å². The SMILES string of the molecule is COc1cccc(C(C)CCCN)c1. The molecular formula is C12H19NO. The van der Waals surface area contributed by atoms with Gasteiger partial charge in [0, 0.05) is 0 Å². The van der Waals surface area contributed by atoms with E-state index in [1.165, 1.54) is 5.56 Å². The number of benzene rings is 1. The molecule has 0 aromatic heterocycles. The molecule has 0 bridgehead atoms. The molecule has 0 aliphatic rings. The molecule has 2 N–H and O–H groups in total. The van der Waals surface area contributed by atoms with Crippen molar-refractivity contribution in [1.82, 2.24) is 0 Å². The van der Waals surface area contributed by atoms with Gasteiger partial charge in [-0.25, -0.2) is 0 Å². The van der Waals surface area contributed by atoms with Crippen LogP contribution in [0.5, 0.6) is 5.75 Å². The van der Waals surface area contributed by atoms with Crippen LogP contribution in [0.3, 0.4) is 0 Å². The van der Waals surface area contributed by atoms with E-state index in [1.807, 2.05) is 12.1 Å². The summed E-state index contributed by atoms with van der Waals surface area (Å²) in [7, 11) is 1.70. The van der Waals surface area contributed by atoms with Gasteiger partial charge in [0.15, 0.2) is 0 Å². The van der Waals surface area contributed by atoms with Crippen molar-refractivity contribution in [3.8, 4) is 5.75 Å². The van der Waals surface area contributed by atoms with E-state index in [4.69, 9.17) is 10.5 Å². The summed E-state index contributed by atoms with van der Waals surface area (Å²) in [6.45, 7) is 3.00. The Hall–Kier alpha value is -1.02. The molecule has 0 aliphatic carbocycles. The van der Waals surface area contributed by atoms with E-state index in [-0.39, 0.29) is 0 Å². The number of ether oxygens (including phenoxy) is 1. The van der Waals surface area contributed by atoms with Crippen molar-refractivity contribution in [2.45, 2.75) is 25.7 Å². The van der Waals surface area contributed by atoms with Crippen LogP contribution in [0.1, 0.15) is 31.2 Å². The summed E-state index contributed by atoms with van der Waals surface area (Å²) in [6, 6.07) is 8.25. The summed E-state index contributed by atoms with van der Waals surface area (Å²) in [5.41, 5.74) is 6.82. The second-order valence-electron chi connectivity index (χ2n) is 3.61. The van der Waals surface area contributed by atoms with Crippen molar-refractivity contribution >= 4 is 0 Å². The fraction of sp³-hybridized carbons (Fsp3) is 0.500. The first-order valence-corrected chi connectivity index (χ1v) is 5.12. The zero-order valence-electron chi connectivity index (χ0n) is 8.99. The highest BCUT2D eigenvalue weighted by molar-refractivity contribution is 5.30. The number of nitrogens with two attached hydrogens (primary N) is 1. The molecule has 14 heavy (non-hydrogen) atoms. The van der Waals surface area contributed by atoms with Crippen LogP contribution < -0.4 is 10.5 Å². The first-order valence-electron chi connectivity index (χ1n) is 5.12. The normalized spacial score (nSPS) is 12.5. The monoisotopic (exact) mass is 193 g/mol. The standard InChI is InChI=1S/C12H19NO/c1-10(5-4-8-13)11-6-3-7-12(9-11)14-2/h3,6-7,9-10H,4-5,8,13H2,1-2H3. The molecule has 0 aliphatic heterocycles. The molecule has 1 unspecified atom stereocenters. The summed E-state index contributed by atoms with van der Waals surface area (Å²) >= 11 is 0. The Labute approximate surface area is 86.1 Å². The van der Waals surface area contributed by atoms with Crippen LogP contribution in [0.15, 0.2) is 24.3 Å². The van der Waals surface area contributed by atoms with E-state index in [9.17, 15) is 0 Å². The Balaban J connectivity index is 2.64. The molecule has 1 aromatic rings. The molecule has 1 aromatic carbocycles. The van der Waals surface area contributed by atoms with Crippen molar-refractivity contribution < 1.29 is 4.74 Å². The highest BCUT2D eigenvalue weighted by atomic mass is 16.5. The van der Waals surface area contributed by atoms with E-state index in [1.54, 1.807) is 7.11 Å². The molecular weight excluding hydrogens is 174 g/mol. The molecule has 0 radical (unpaired) electrons. The Morgan fingerprint density at radius 3 is 2.86 bits per heavy atom. The van der Waals surface area contributed by atoms with Gasteiger partial charge in [0.2, 0.25) is 0 Å². The lowest BCUT2D eigenvalue weighted by atomic mass is 9.96. The minimum absolute atomic E-state index is 0.564. The van der Waals surface area contributed by atoms with Crippen LogP contribution in [0, 0.1) is 0 Å². The van der Waals surface area contributed by atoms with Gasteiger partial charge >= 0.3 is 0 Å². The van der Waals surface area contributed by atoms with Gasteiger partial charge in [-0.05, 0) is 43.0 Å². The summed E-state index contributed by atoms with van der Waals surface area (Å²) in [4.78, 5) is 0. The van der Waals surface area contributed by atoms with Crippen molar-refractivity contribution in [3.05, 3.63) is 29.8 Å². The maximum atomic E-state index is 5.49. The lowest BCUT2D eigenvalue weighted by molar-refractivity contribution is 0.413. The van der Waals surface area contributed by atoms with E-state index in [2.05, 4.69) is 19.1 Å². The maximum absolute atomic E-state index is 5.49. The lowest BCUT2D eigenvalue weighted by Gasteiger charge is -2.12. The Bertz CT molecular complexity index is 273. The highest BCUT2D eigenvalue weighted by Gasteiger charge is 2.05. The average molecular weight is 193 g/mol. The van der Waals surface area contributed by atoms with Gasteiger partial charge in [-0.3, -0.25) is 0 Å². The number of rotatable bonds is 5. The van der Waals surface area contributed by atoms with Crippen LogP contribution >= 0.6 is 0 Å². The van der Waals surface area contributed by atoms with Gasteiger partial charge in [-0.1, -0.05) is 19.1 Å². The first-order chi connectivity index (χ1) is 6.77.